The number of nitrogens with zero attached hydrogens (tertiary/aromatic N) is 4. The highest BCUT2D eigenvalue weighted by molar-refractivity contribution is 6.01. The number of ether oxygens (including phenoxy) is 1. The zero-order valence-corrected chi connectivity index (χ0v) is 20.8. The summed E-state index contributed by atoms with van der Waals surface area (Å²) in [4.78, 5) is 11.5. The third kappa shape index (κ3) is 3.99. The van der Waals surface area contributed by atoms with E-state index in [-0.39, 0.29) is 23.9 Å². The van der Waals surface area contributed by atoms with Crippen molar-refractivity contribution in [1.29, 1.82) is 0 Å². The molecule has 2 aliphatic heterocycles. The number of fused-ring (bicyclic) bond motifs is 4. The number of anilines is 1. The Morgan fingerprint density at radius 1 is 1.03 bits per heavy atom. The number of aromatic nitrogens is 3. The maximum atomic E-state index is 16.4. The molecule has 8 nitrogen and oxygen atoms in total. The first kappa shape index (κ1) is 22.9. The van der Waals surface area contributed by atoms with E-state index in [1.54, 1.807) is 24.3 Å². The van der Waals surface area contributed by atoms with Crippen LogP contribution in [-0.4, -0.2) is 45.4 Å². The van der Waals surface area contributed by atoms with E-state index in [1.165, 1.54) is 0 Å². The van der Waals surface area contributed by atoms with Crippen LogP contribution in [-0.2, 0) is 6.61 Å². The number of phenolic OH excluding ortho intramolecular Hbond substituents is 1. The van der Waals surface area contributed by atoms with E-state index < -0.39 is 5.82 Å². The molecule has 192 valence electrons. The molecule has 0 spiro atoms. The van der Waals surface area contributed by atoms with Gasteiger partial charge in [0, 0.05) is 42.2 Å². The quantitative estimate of drug-likeness (QED) is 0.336. The summed E-state index contributed by atoms with van der Waals surface area (Å²) in [6.45, 7) is 3.48. The van der Waals surface area contributed by atoms with Gasteiger partial charge in [-0.15, -0.1) is 0 Å². The van der Waals surface area contributed by atoms with Gasteiger partial charge in [-0.25, -0.2) is 4.39 Å². The summed E-state index contributed by atoms with van der Waals surface area (Å²) < 4.78 is 27.4. The third-order valence-corrected chi connectivity index (χ3v) is 7.44. The largest absolute Gasteiger partial charge is 0.508 e. The maximum Gasteiger partial charge on any atom is 0.319 e. The number of halogens is 1. The lowest BCUT2D eigenvalue weighted by atomic mass is 9.96. The van der Waals surface area contributed by atoms with Crippen molar-refractivity contribution >= 4 is 27.5 Å². The van der Waals surface area contributed by atoms with Gasteiger partial charge in [-0.05, 0) is 54.3 Å². The number of phenols is 1. The third-order valence-electron chi connectivity index (χ3n) is 7.44. The second-order valence-corrected chi connectivity index (χ2v) is 10.1. The van der Waals surface area contributed by atoms with E-state index in [0.29, 0.717) is 45.9 Å². The Morgan fingerprint density at radius 3 is 2.63 bits per heavy atom. The zero-order chi connectivity index (χ0) is 25.8. The molecule has 38 heavy (non-hydrogen) atoms. The lowest BCUT2D eigenvalue weighted by Gasteiger charge is -2.34. The van der Waals surface area contributed by atoms with Gasteiger partial charge in [-0.1, -0.05) is 35.5 Å². The van der Waals surface area contributed by atoms with Crippen LogP contribution < -0.4 is 15.0 Å². The molecule has 3 aromatic carbocycles. The van der Waals surface area contributed by atoms with Crippen molar-refractivity contribution in [1.82, 2.24) is 20.4 Å². The van der Waals surface area contributed by atoms with E-state index in [0.717, 1.165) is 36.7 Å². The molecule has 2 N–H and O–H groups in total. The Morgan fingerprint density at radius 2 is 1.84 bits per heavy atom. The molecule has 2 fully saturated rings. The average molecular weight is 512 g/mol. The molecule has 7 rings (SSSR count). The predicted molar refractivity (Wildman–Crippen MR) is 142 cm³/mol. The highest BCUT2D eigenvalue weighted by Gasteiger charge is 2.34. The van der Waals surface area contributed by atoms with Crippen LogP contribution in [0.2, 0.25) is 0 Å². The summed E-state index contributed by atoms with van der Waals surface area (Å²) in [6, 6.07) is 17.1. The molecule has 2 aliphatic rings. The van der Waals surface area contributed by atoms with Crippen LogP contribution in [0.5, 0.6) is 11.8 Å². The molecule has 9 heteroatoms. The molecule has 0 aliphatic carbocycles. The molecule has 2 bridgehead atoms. The van der Waals surface area contributed by atoms with E-state index in [2.05, 4.69) is 20.4 Å². The first-order valence-electron chi connectivity index (χ1n) is 12.8. The first-order chi connectivity index (χ1) is 18.5. The molecule has 0 amide bonds. The predicted octanol–water partition coefficient (Wildman–Crippen LogP) is 5.11. The second kappa shape index (κ2) is 8.95. The molecule has 2 atom stereocenters. The van der Waals surface area contributed by atoms with Crippen molar-refractivity contribution in [3.05, 3.63) is 71.9 Å². The van der Waals surface area contributed by atoms with Gasteiger partial charge >= 0.3 is 6.01 Å². The molecule has 4 heterocycles. The van der Waals surface area contributed by atoms with Crippen molar-refractivity contribution in [2.24, 2.45) is 0 Å². The highest BCUT2D eigenvalue weighted by Crippen LogP contribution is 2.39. The van der Waals surface area contributed by atoms with Gasteiger partial charge in [-0.2, -0.15) is 9.97 Å². The molecule has 2 saturated heterocycles. The van der Waals surface area contributed by atoms with Gasteiger partial charge < -0.3 is 24.6 Å². The van der Waals surface area contributed by atoms with E-state index in [4.69, 9.17) is 14.2 Å². The van der Waals surface area contributed by atoms with Crippen molar-refractivity contribution in [3.8, 4) is 22.9 Å². The number of piperazine rings is 1. The smallest absolute Gasteiger partial charge is 0.319 e. The maximum absolute atomic E-state index is 16.4. The molecular weight excluding hydrogens is 485 g/mol. The lowest BCUT2D eigenvalue weighted by molar-refractivity contribution is 0.267. The van der Waals surface area contributed by atoms with Gasteiger partial charge in [0.05, 0.1) is 0 Å². The second-order valence-electron chi connectivity index (χ2n) is 10.1. The fraction of sp³-hybridized carbons (Fsp3) is 0.276. The van der Waals surface area contributed by atoms with Crippen LogP contribution >= 0.6 is 0 Å². The Bertz CT molecular complexity index is 1670. The number of nitrogens with one attached hydrogen (secondary N) is 1. The fourth-order valence-corrected chi connectivity index (χ4v) is 5.75. The topological polar surface area (TPSA) is 96.5 Å². The Labute approximate surface area is 218 Å². The molecule has 0 radical (unpaired) electrons. The van der Waals surface area contributed by atoms with Crippen LogP contribution in [0.1, 0.15) is 24.3 Å². The minimum atomic E-state index is -0.484. The Hall–Kier alpha value is -4.24. The van der Waals surface area contributed by atoms with Gasteiger partial charge in [-0.3, -0.25) is 0 Å². The van der Waals surface area contributed by atoms with E-state index >= 15 is 4.39 Å². The number of aromatic hydroxyl groups is 1. The normalized spacial score (nSPS) is 18.9. The number of rotatable bonds is 5. The molecule has 5 aromatic rings. The van der Waals surface area contributed by atoms with Crippen LogP contribution in [0.25, 0.3) is 32.8 Å². The number of hydrogen-bond acceptors (Lipinski definition) is 8. The van der Waals surface area contributed by atoms with Gasteiger partial charge in [0.25, 0.3) is 0 Å². The van der Waals surface area contributed by atoms with Crippen molar-refractivity contribution in [3.63, 3.8) is 0 Å². The number of hydrogen-bond donors (Lipinski definition) is 2. The van der Waals surface area contributed by atoms with Gasteiger partial charge in [0.15, 0.2) is 5.82 Å². The van der Waals surface area contributed by atoms with Crippen molar-refractivity contribution in [2.75, 3.05) is 18.0 Å². The van der Waals surface area contributed by atoms with Crippen molar-refractivity contribution in [2.45, 2.75) is 38.5 Å². The monoisotopic (exact) mass is 511 g/mol. The van der Waals surface area contributed by atoms with E-state index in [9.17, 15) is 5.11 Å². The van der Waals surface area contributed by atoms with E-state index in [1.807, 2.05) is 37.3 Å². The van der Waals surface area contributed by atoms with Crippen molar-refractivity contribution < 1.29 is 18.8 Å². The zero-order valence-electron chi connectivity index (χ0n) is 20.8. The SMILES string of the molecule is Cc1cc(COc2nc(N3CC4CCC(C3)N4)c3ccc(-c4cc(O)cc5ccccc45)c(F)c3n2)no1. The molecular formula is C29H26FN5O3. The molecule has 2 aromatic heterocycles. The first-order valence-corrected chi connectivity index (χ1v) is 12.8. The standard InChI is InChI=1S/C29H26FN5O3/c1-16-10-20(34-38-16)15-37-29-32-27-24(28(33-29)35-13-18-6-7-19(14-35)31-18)9-8-23(26(27)30)25-12-21(36)11-17-4-2-3-5-22(17)25/h2-5,8-12,18-19,31,36H,6-7,13-15H2,1H3. The minimum absolute atomic E-state index is 0.0739. The summed E-state index contributed by atoms with van der Waals surface area (Å²) in [6.07, 6.45) is 2.23. The summed E-state index contributed by atoms with van der Waals surface area (Å²) in [5, 5.41) is 20.3. The Kier molecular flexibility index (Phi) is 5.40. The highest BCUT2D eigenvalue weighted by atomic mass is 19.1. The molecule has 2 unspecified atom stereocenters. The van der Waals surface area contributed by atoms with Crippen LogP contribution in [0.15, 0.2) is 59.1 Å². The lowest BCUT2D eigenvalue weighted by Crippen LogP contribution is -2.51. The minimum Gasteiger partial charge on any atom is -0.508 e. The molecule has 0 saturated carbocycles. The Balaban J connectivity index is 1.37. The fourth-order valence-electron chi connectivity index (χ4n) is 5.75. The average Bonchev–Trinajstić information content (AvgIpc) is 3.50. The summed E-state index contributed by atoms with van der Waals surface area (Å²) in [5.41, 5.74) is 1.74. The van der Waals surface area contributed by atoms with Gasteiger partial charge in [0.2, 0.25) is 0 Å². The number of aryl methyl sites for hydroxylation is 1. The number of benzene rings is 3. The van der Waals surface area contributed by atoms with Gasteiger partial charge in [0.1, 0.15) is 35.1 Å². The van der Waals surface area contributed by atoms with Crippen LogP contribution in [0.3, 0.4) is 0 Å². The van der Waals surface area contributed by atoms with Crippen LogP contribution in [0.4, 0.5) is 10.2 Å². The summed E-state index contributed by atoms with van der Waals surface area (Å²) >= 11 is 0. The summed E-state index contributed by atoms with van der Waals surface area (Å²) in [7, 11) is 0. The van der Waals surface area contributed by atoms with Crippen LogP contribution in [0, 0.1) is 12.7 Å². The summed E-state index contributed by atoms with van der Waals surface area (Å²) in [5.74, 6) is 0.923.